The fourth-order valence-corrected chi connectivity index (χ4v) is 4.22. The van der Waals surface area contributed by atoms with Crippen molar-refractivity contribution < 1.29 is 22.7 Å². The fourth-order valence-electron chi connectivity index (χ4n) is 3.55. The summed E-state index contributed by atoms with van der Waals surface area (Å²) in [6, 6.07) is 3.68. The molecule has 2 rings (SSSR count). The Hall–Kier alpha value is -0.853. The molecule has 6 heteroatoms. The minimum atomic E-state index is -4.43. The Kier molecular flexibility index (Phi) is 6.86. The smallest absolute Gasteiger partial charge is 0.408 e. The summed E-state index contributed by atoms with van der Waals surface area (Å²) < 4.78 is 46.0. The first-order valence-electron chi connectivity index (χ1n) is 9.66. The fraction of sp³-hybridized carbons (Fsp3) is 0.714. The molecule has 1 fully saturated rings. The van der Waals surface area contributed by atoms with Crippen LogP contribution in [0.25, 0.3) is 0 Å². The second-order valence-corrected chi connectivity index (χ2v) is 11.0. The van der Waals surface area contributed by atoms with E-state index in [1.807, 2.05) is 20.8 Å². The predicted octanol–water partition coefficient (Wildman–Crippen LogP) is 6.41. The molecule has 0 spiro atoms. The molecule has 1 aliphatic carbocycles. The predicted molar refractivity (Wildman–Crippen MR) is 103 cm³/mol. The highest BCUT2D eigenvalue weighted by Gasteiger charge is 2.36. The molecule has 1 aromatic rings. The molecule has 1 aromatic carbocycles. The molecule has 0 amide bonds. The van der Waals surface area contributed by atoms with Gasteiger partial charge in [-0.2, -0.15) is 13.2 Å². The summed E-state index contributed by atoms with van der Waals surface area (Å²) in [7, 11) is 0.135. The lowest BCUT2D eigenvalue weighted by molar-refractivity contribution is -0.137. The molecule has 0 bridgehead atoms. The van der Waals surface area contributed by atoms with Crippen molar-refractivity contribution in [3.8, 4) is 0 Å². The summed E-state index contributed by atoms with van der Waals surface area (Å²) in [5.41, 5.74) is -0.614. The van der Waals surface area contributed by atoms with Crippen LogP contribution in [0.15, 0.2) is 18.2 Å². The van der Waals surface area contributed by atoms with Crippen molar-refractivity contribution in [1.82, 2.24) is 0 Å². The van der Waals surface area contributed by atoms with Gasteiger partial charge in [-0.3, -0.25) is 0 Å². The van der Waals surface area contributed by atoms with Gasteiger partial charge in [-0.15, -0.1) is 0 Å². The molecule has 2 radical (unpaired) electrons. The monoisotopic (exact) mass is 400 g/mol. The van der Waals surface area contributed by atoms with Crippen LogP contribution in [0.5, 0.6) is 0 Å². The molecule has 2 nitrogen and oxygen atoms in total. The van der Waals surface area contributed by atoms with E-state index in [-0.39, 0.29) is 20.7 Å². The van der Waals surface area contributed by atoms with Crippen LogP contribution in [0.2, 0.25) is 5.04 Å². The zero-order chi connectivity index (χ0) is 20.5. The van der Waals surface area contributed by atoms with Crippen LogP contribution >= 0.6 is 0 Å². The molecule has 1 aliphatic rings. The normalized spacial score (nSPS) is 18.6. The number of hydrogen-bond acceptors (Lipinski definition) is 2. The van der Waals surface area contributed by atoms with Gasteiger partial charge in [0, 0.05) is 0 Å². The topological polar surface area (TPSA) is 29.5 Å². The molecule has 27 heavy (non-hydrogen) atoms. The van der Waals surface area contributed by atoms with Gasteiger partial charge in [0.2, 0.25) is 9.76 Å². The Morgan fingerprint density at radius 3 is 2.15 bits per heavy atom. The van der Waals surface area contributed by atoms with Crippen molar-refractivity contribution in [3.63, 3.8) is 0 Å². The number of rotatable bonds is 5. The second kappa shape index (κ2) is 8.25. The van der Waals surface area contributed by atoms with Crippen molar-refractivity contribution in [2.24, 2.45) is 5.92 Å². The third-order valence-electron chi connectivity index (χ3n) is 5.06. The molecule has 152 valence electrons. The summed E-state index contributed by atoms with van der Waals surface area (Å²) in [4.78, 5) is 0. The van der Waals surface area contributed by atoms with E-state index >= 15 is 0 Å². The summed E-state index contributed by atoms with van der Waals surface area (Å²) >= 11 is 0. The van der Waals surface area contributed by atoms with Crippen LogP contribution in [-0.2, 0) is 16.2 Å². The lowest BCUT2D eigenvalue weighted by atomic mass is 9.79. The maximum Gasteiger partial charge on any atom is 0.416 e. The minimum Gasteiger partial charge on any atom is -0.408 e. The SMILES string of the molecule is CC(C)(C)[Si]OC(C)(C)c1cc(C(F)(F)F)ccc1[C@@H](O)C1CCCCC1. The average Bonchev–Trinajstić information content (AvgIpc) is 2.58. The van der Waals surface area contributed by atoms with Crippen LogP contribution in [0.1, 0.15) is 89.5 Å². The van der Waals surface area contributed by atoms with Crippen molar-refractivity contribution in [2.45, 2.75) is 89.6 Å². The average molecular weight is 401 g/mol. The zero-order valence-corrected chi connectivity index (χ0v) is 17.9. The highest BCUT2D eigenvalue weighted by atomic mass is 28.2. The molecule has 1 saturated carbocycles. The van der Waals surface area contributed by atoms with E-state index in [9.17, 15) is 18.3 Å². The Morgan fingerprint density at radius 1 is 1.04 bits per heavy atom. The van der Waals surface area contributed by atoms with E-state index in [4.69, 9.17) is 4.43 Å². The van der Waals surface area contributed by atoms with E-state index < -0.39 is 23.4 Å². The highest BCUT2D eigenvalue weighted by molar-refractivity contribution is 6.31. The number of hydrogen-bond donors (Lipinski definition) is 1. The van der Waals surface area contributed by atoms with Gasteiger partial charge in [-0.1, -0.05) is 46.1 Å². The minimum absolute atomic E-state index is 0.0823. The number of halogens is 3. The van der Waals surface area contributed by atoms with Gasteiger partial charge < -0.3 is 9.53 Å². The Labute approximate surface area is 163 Å². The first-order valence-corrected chi connectivity index (χ1v) is 10.6. The first-order chi connectivity index (χ1) is 12.3. The number of aliphatic hydroxyl groups is 1. The van der Waals surface area contributed by atoms with Crippen molar-refractivity contribution in [1.29, 1.82) is 0 Å². The van der Waals surface area contributed by atoms with Gasteiger partial charge in [0.15, 0.2) is 0 Å². The second-order valence-electron chi connectivity index (χ2n) is 9.11. The van der Waals surface area contributed by atoms with Gasteiger partial charge in [-0.25, -0.2) is 0 Å². The number of benzene rings is 1. The van der Waals surface area contributed by atoms with Gasteiger partial charge in [0.25, 0.3) is 0 Å². The molecule has 0 aromatic heterocycles. The van der Waals surface area contributed by atoms with Crippen molar-refractivity contribution in [3.05, 3.63) is 34.9 Å². The Balaban J connectivity index is 2.43. The third-order valence-corrected chi connectivity index (χ3v) is 6.28. The van der Waals surface area contributed by atoms with Crippen molar-refractivity contribution in [2.75, 3.05) is 0 Å². The molecular formula is C21H31F3O2Si. The van der Waals surface area contributed by atoms with E-state index in [1.165, 1.54) is 6.07 Å². The zero-order valence-electron chi connectivity index (χ0n) is 16.9. The van der Waals surface area contributed by atoms with Crippen LogP contribution in [-0.4, -0.2) is 14.9 Å². The summed E-state index contributed by atoms with van der Waals surface area (Å²) in [5, 5.41) is 10.9. The molecule has 0 saturated heterocycles. The summed E-state index contributed by atoms with van der Waals surface area (Å²) in [6.07, 6.45) is -0.0929. The molecule has 0 heterocycles. The molecule has 0 unspecified atom stereocenters. The van der Waals surface area contributed by atoms with Gasteiger partial charge in [0.1, 0.15) is 0 Å². The molecule has 1 atom stereocenters. The van der Waals surface area contributed by atoms with Crippen LogP contribution in [0, 0.1) is 5.92 Å². The quantitative estimate of drug-likeness (QED) is 0.579. The maximum absolute atomic E-state index is 13.3. The number of alkyl halides is 3. The maximum atomic E-state index is 13.3. The van der Waals surface area contributed by atoms with E-state index in [1.54, 1.807) is 13.8 Å². The summed E-state index contributed by atoms with van der Waals surface area (Å²) in [5.74, 6) is 0.0927. The van der Waals surface area contributed by atoms with Crippen LogP contribution in [0.4, 0.5) is 13.2 Å². The summed E-state index contributed by atoms with van der Waals surface area (Å²) in [6.45, 7) is 9.68. The number of aliphatic hydroxyl groups excluding tert-OH is 1. The van der Waals surface area contributed by atoms with Gasteiger partial charge in [-0.05, 0) is 60.9 Å². The Morgan fingerprint density at radius 2 is 1.63 bits per heavy atom. The van der Waals surface area contributed by atoms with Crippen LogP contribution < -0.4 is 0 Å². The van der Waals surface area contributed by atoms with E-state index in [0.717, 1.165) is 44.2 Å². The largest absolute Gasteiger partial charge is 0.416 e. The molecule has 1 N–H and O–H groups in total. The third kappa shape index (κ3) is 6.06. The lowest BCUT2D eigenvalue weighted by Crippen LogP contribution is -2.30. The van der Waals surface area contributed by atoms with Crippen LogP contribution in [0.3, 0.4) is 0 Å². The van der Waals surface area contributed by atoms with Gasteiger partial charge >= 0.3 is 6.18 Å². The highest BCUT2D eigenvalue weighted by Crippen LogP contribution is 2.42. The molecule has 0 aliphatic heterocycles. The van der Waals surface area contributed by atoms with Crippen molar-refractivity contribution >= 4 is 9.76 Å². The van der Waals surface area contributed by atoms with E-state index in [0.29, 0.717) is 11.1 Å². The Bertz CT molecular complexity index is 629. The standard InChI is InChI=1S/C21H31F3O2Si/c1-19(2,3)27-26-20(4,5)17-13-15(21(22,23)24)11-12-16(17)18(25)14-9-7-6-8-10-14/h11-14,18,25H,6-10H2,1-5H3/t18-/m0/s1. The lowest BCUT2D eigenvalue weighted by Gasteiger charge is -2.35. The molecular weight excluding hydrogens is 369 g/mol. The van der Waals surface area contributed by atoms with E-state index in [2.05, 4.69) is 0 Å². The van der Waals surface area contributed by atoms with Gasteiger partial charge in [0.05, 0.1) is 17.3 Å². The first kappa shape index (κ1) is 22.4.